The van der Waals surface area contributed by atoms with E-state index < -0.39 is 5.97 Å². The van der Waals surface area contributed by atoms with Crippen LogP contribution in [0.4, 0.5) is 0 Å². The summed E-state index contributed by atoms with van der Waals surface area (Å²) in [7, 11) is 1.26. The predicted molar refractivity (Wildman–Crippen MR) is 82.4 cm³/mol. The fraction of sp³-hybridized carbons (Fsp3) is 0.0769. The standard InChI is InChI=1S/C13H8Cl2N2O3S/c1-20-13(19)11-9(18)4-10(21-11)12-16-7-2-5(14)6(15)3-8(7)17-12/h2-4,18H,1H3,(H,16,17). The number of nitrogens with zero attached hydrogens (tertiary/aromatic N) is 1. The van der Waals surface area contributed by atoms with E-state index in [9.17, 15) is 9.90 Å². The summed E-state index contributed by atoms with van der Waals surface area (Å²) in [6, 6.07) is 4.77. The van der Waals surface area contributed by atoms with Gasteiger partial charge in [-0.2, -0.15) is 0 Å². The molecule has 3 aromatic rings. The van der Waals surface area contributed by atoms with Crippen LogP contribution in [-0.2, 0) is 4.74 Å². The summed E-state index contributed by atoms with van der Waals surface area (Å²) in [5, 5.41) is 10.6. The van der Waals surface area contributed by atoms with Crippen molar-refractivity contribution in [3.63, 3.8) is 0 Å². The van der Waals surface area contributed by atoms with Gasteiger partial charge in [-0.15, -0.1) is 11.3 Å². The van der Waals surface area contributed by atoms with Gasteiger partial charge in [0.2, 0.25) is 0 Å². The minimum atomic E-state index is -0.592. The lowest BCUT2D eigenvalue weighted by Gasteiger charge is -1.93. The normalized spacial score (nSPS) is 11.0. The highest BCUT2D eigenvalue weighted by atomic mass is 35.5. The summed E-state index contributed by atoms with van der Waals surface area (Å²) in [5.41, 5.74) is 1.36. The monoisotopic (exact) mass is 342 g/mol. The van der Waals surface area contributed by atoms with E-state index in [1.807, 2.05) is 0 Å². The Labute approximate surface area is 133 Å². The zero-order valence-electron chi connectivity index (χ0n) is 10.6. The molecule has 0 radical (unpaired) electrons. The highest BCUT2D eigenvalue weighted by Gasteiger charge is 2.19. The van der Waals surface area contributed by atoms with Crippen LogP contribution in [0.2, 0.25) is 10.0 Å². The van der Waals surface area contributed by atoms with Crippen LogP contribution < -0.4 is 0 Å². The van der Waals surface area contributed by atoms with Crippen LogP contribution in [0.25, 0.3) is 21.7 Å². The van der Waals surface area contributed by atoms with Crippen molar-refractivity contribution in [1.82, 2.24) is 9.97 Å². The van der Waals surface area contributed by atoms with Crippen LogP contribution in [0.5, 0.6) is 5.75 Å². The molecule has 3 rings (SSSR count). The molecule has 8 heteroatoms. The first-order chi connectivity index (χ1) is 9.99. The summed E-state index contributed by atoms with van der Waals surface area (Å²) in [5.74, 6) is -0.219. The third-order valence-corrected chi connectivity index (χ3v) is 4.67. The number of thiophene rings is 1. The van der Waals surface area contributed by atoms with E-state index in [1.54, 1.807) is 12.1 Å². The van der Waals surface area contributed by atoms with Gasteiger partial charge in [0.1, 0.15) is 11.6 Å². The Balaban J connectivity index is 2.10. The number of methoxy groups -OCH3 is 1. The largest absolute Gasteiger partial charge is 0.506 e. The number of imidazole rings is 1. The maximum absolute atomic E-state index is 11.5. The summed E-state index contributed by atoms with van der Waals surface area (Å²) in [6.07, 6.45) is 0. The van der Waals surface area contributed by atoms with E-state index in [1.165, 1.54) is 13.2 Å². The first-order valence-electron chi connectivity index (χ1n) is 5.76. The number of fused-ring (bicyclic) bond motifs is 1. The number of hydrogen-bond acceptors (Lipinski definition) is 5. The summed E-state index contributed by atoms with van der Waals surface area (Å²) in [4.78, 5) is 19.7. The number of aromatic hydroxyl groups is 1. The molecule has 0 saturated heterocycles. The Morgan fingerprint density at radius 3 is 2.76 bits per heavy atom. The van der Waals surface area contributed by atoms with E-state index in [0.29, 0.717) is 31.8 Å². The molecule has 0 spiro atoms. The van der Waals surface area contributed by atoms with Crippen molar-refractivity contribution < 1.29 is 14.6 Å². The van der Waals surface area contributed by atoms with Crippen LogP contribution in [-0.4, -0.2) is 28.2 Å². The van der Waals surface area contributed by atoms with Gasteiger partial charge < -0.3 is 14.8 Å². The molecular formula is C13H8Cl2N2O3S. The van der Waals surface area contributed by atoms with Crippen molar-refractivity contribution in [3.8, 4) is 16.5 Å². The molecule has 0 bridgehead atoms. The number of halogens is 2. The van der Waals surface area contributed by atoms with Gasteiger partial charge in [0.25, 0.3) is 0 Å². The first kappa shape index (κ1) is 14.2. The smallest absolute Gasteiger partial charge is 0.351 e. The van der Waals surface area contributed by atoms with Crippen molar-refractivity contribution in [1.29, 1.82) is 0 Å². The van der Waals surface area contributed by atoms with Crippen molar-refractivity contribution in [2.45, 2.75) is 0 Å². The van der Waals surface area contributed by atoms with Gasteiger partial charge in [-0.25, -0.2) is 9.78 Å². The number of rotatable bonds is 2. The van der Waals surface area contributed by atoms with E-state index in [-0.39, 0.29) is 10.6 Å². The molecule has 2 heterocycles. The molecule has 0 aliphatic rings. The topological polar surface area (TPSA) is 75.2 Å². The van der Waals surface area contributed by atoms with Gasteiger partial charge in [-0.05, 0) is 12.1 Å². The van der Waals surface area contributed by atoms with Gasteiger partial charge >= 0.3 is 5.97 Å². The number of aromatic amines is 1. The lowest BCUT2D eigenvalue weighted by Crippen LogP contribution is -1.97. The first-order valence-corrected chi connectivity index (χ1v) is 7.33. The predicted octanol–water partition coefficient (Wildman–Crippen LogP) is 4.09. The van der Waals surface area contributed by atoms with Gasteiger partial charge in [0.05, 0.1) is 33.1 Å². The fourth-order valence-electron chi connectivity index (χ4n) is 1.86. The van der Waals surface area contributed by atoms with Gasteiger partial charge in [0.15, 0.2) is 4.88 Å². The average Bonchev–Trinajstić information content (AvgIpc) is 3.02. The molecule has 5 nitrogen and oxygen atoms in total. The van der Waals surface area contributed by atoms with Crippen molar-refractivity contribution in [2.75, 3.05) is 7.11 Å². The summed E-state index contributed by atoms with van der Waals surface area (Å²) >= 11 is 13.0. The molecule has 21 heavy (non-hydrogen) atoms. The van der Waals surface area contributed by atoms with E-state index in [2.05, 4.69) is 14.7 Å². The minimum Gasteiger partial charge on any atom is -0.506 e. The van der Waals surface area contributed by atoms with Crippen molar-refractivity contribution in [2.24, 2.45) is 0 Å². The lowest BCUT2D eigenvalue weighted by molar-refractivity contribution is 0.0603. The molecule has 0 aliphatic heterocycles. The Kier molecular flexibility index (Phi) is 3.52. The maximum atomic E-state index is 11.5. The number of benzene rings is 1. The number of ether oxygens (including phenoxy) is 1. The molecule has 0 atom stereocenters. The SMILES string of the molecule is COC(=O)c1sc(-c2nc3cc(Cl)c(Cl)cc3[nH]2)cc1O. The van der Waals surface area contributed by atoms with E-state index in [4.69, 9.17) is 23.2 Å². The molecule has 0 unspecified atom stereocenters. The van der Waals surface area contributed by atoms with Crippen LogP contribution >= 0.6 is 34.5 Å². The van der Waals surface area contributed by atoms with Gasteiger partial charge in [-0.3, -0.25) is 0 Å². The third-order valence-electron chi connectivity index (χ3n) is 2.84. The number of aromatic nitrogens is 2. The minimum absolute atomic E-state index is 0.129. The van der Waals surface area contributed by atoms with Gasteiger partial charge in [0, 0.05) is 6.07 Å². The molecular weight excluding hydrogens is 335 g/mol. The zero-order chi connectivity index (χ0) is 15.1. The highest BCUT2D eigenvalue weighted by molar-refractivity contribution is 7.17. The Hall–Kier alpha value is -1.76. The molecule has 2 aromatic heterocycles. The molecule has 2 N–H and O–H groups in total. The molecule has 0 saturated carbocycles. The molecule has 108 valence electrons. The lowest BCUT2D eigenvalue weighted by atomic mass is 10.3. The quantitative estimate of drug-likeness (QED) is 0.687. The number of esters is 1. The number of carbonyl (C=O) groups excluding carboxylic acids is 1. The number of H-pyrrole nitrogens is 1. The second kappa shape index (κ2) is 5.22. The molecule has 0 amide bonds. The average molecular weight is 343 g/mol. The maximum Gasteiger partial charge on any atom is 0.351 e. The van der Waals surface area contributed by atoms with Crippen molar-refractivity contribution >= 4 is 51.5 Å². The number of hydrogen-bond donors (Lipinski definition) is 2. The molecule has 1 aromatic carbocycles. The fourth-order valence-corrected chi connectivity index (χ4v) is 3.09. The second-order valence-electron chi connectivity index (χ2n) is 4.19. The zero-order valence-corrected chi connectivity index (χ0v) is 12.9. The molecule has 0 fully saturated rings. The number of carbonyl (C=O) groups is 1. The van der Waals surface area contributed by atoms with Crippen LogP contribution in [0, 0.1) is 0 Å². The second-order valence-corrected chi connectivity index (χ2v) is 6.05. The van der Waals surface area contributed by atoms with E-state index >= 15 is 0 Å². The van der Waals surface area contributed by atoms with Crippen LogP contribution in [0.3, 0.4) is 0 Å². The van der Waals surface area contributed by atoms with Crippen LogP contribution in [0.1, 0.15) is 9.67 Å². The number of nitrogens with one attached hydrogen (secondary N) is 1. The Morgan fingerprint density at radius 1 is 1.33 bits per heavy atom. The Morgan fingerprint density at radius 2 is 2.05 bits per heavy atom. The third kappa shape index (κ3) is 2.46. The highest BCUT2D eigenvalue weighted by Crippen LogP contribution is 2.36. The summed E-state index contributed by atoms with van der Waals surface area (Å²) < 4.78 is 4.60. The van der Waals surface area contributed by atoms with Crippen LogP contribution in [0.15, 0.2) is 18.2 Å². The van der Waals surface area contributed by atoms with E-state index in [0.717, 1.165) is 11.3 Å². The van der Waals surface area contributed by atoms with Gasteiger partial charge in [-0.1, -0.05) is 23.2 Å². The Bertz CT molecular complexity index is 818. The molecule has 0 aliphatic carbocycles. The van der Waals surface area contributed by atoms with Crippen molar-refractivity contribution in [3.05, 3.63) is 33.1 Å². The summed E-state index contributed by atoms with van der Waals surface area (Å²) in [6.45, 7) is 0.